The van der Waals surface area contributed by atoms with Gasteiger partial charge >= 0.3 is 0 Å². The first kappa shape index (κ1) is 31.6. The lowest BCUT2D eigenvalue weighted by Crippen LogP contribution is -2.37. The Morgan fingerprint density at radius 3 is 1.51 bits per heavy atom. The third kappa shape index (κ3) is 15.4. The lowest BCUT2D eigenvalue weighted by molar-refractivity contribution is -0.703. The molecule has 1 heterocycles. The number of hydrogen-bond acceptors (Lipinski definition) is 0. The van der Waals surface area contributed by atoms with Crippen LogP contribution in [0.3, 0.4) is 0 Å². The summed E-state index contributed by atoms with van der Waals surface area (Å²) in [7, 11) is 0. The van der Waals surface area contributed by atoms with Crippen molar-refractivity contribution in [3.63, 3.8) is 0 Å². The maximum absolute atomic E-state index is 2.55. The number of rotatable bonds is 25. The SMILES string of the molecule is CCCCCCCCCCCCCCCn1cc[n+](CCCCCCCCCC)c1Cc1ccccc1. The van der Waals surface area contributed by atoms with Gasteiger partial charge in [-0.05, 0) is 31.2 Å². The molecule has 0 unspecified atom stereocenters. The van der Waals surface area contributed by atoms with Gasteiger partial charge in [-0.2, -0.15) is 0 Å². The zero-order valence-electron chi connectivity index (χ0n) is 24.9. The lowest BCUT2D eigenvalue weighted by atomic mass is 10.0. The van der Waals surface area contributed by atoms with E-state index >= 15 is 0 Å². The van der Waals surface area contributed by atoms with Crippen LogP contribution in [0.4, 0.5) is 0 Å². The first-order valence-electron chi connectivity index (χ1n) is 16.5. The van der Waals surface area contributed by atoms with Crippen molar-refractivity contribution < 1.29 is 4.57 Å². The van der Waals surface area contributed by atoms with Crippen molar-refractivity contribution in [2.75, 3.05) is 0 Å². The maximum Gasteiger partial charge on any atom is 0.260 e. The lowest BCUT2D eigenvalue weighted by Gasteiger charge is -2.07. The van der Waals surface area contributed by atoms with Crippen LogP contribution in [0.1, 0.15) is 160 Å². The number of imidazole rings is 1. The van der Waals surface area contributed by atoms with E-state index in [1.165, 1.54) is 159 Å². The van der Waals surface area contributed by atoms with Crippen LogP contribution in [0, 0.1) is 0 Å². The van der Waals surface area contributed by atoms with Crippen LogP contribution in [-0.2, 0) is 19.5 Å². The van der Waals surface area contributed by atoms with Crippen LogP contribution in [0.15, 0.2) is 42.7 Å². The van der Waals surface area contributed by atoms with Gasteiger partial charge in [0.2, 0.25) is 0 Å². The summed E-state index contributed by atoms with van der Waals surface area (Å²) in [6, 6.07) is 11.0. The molecule has 0 aliphatic rings. The molecule has 210 valence electrons. The van der Waals surface area contributed by atoms with Crippen LogP contribution in [-0.4, -0.2) is 4.57 Å². The maximum atomic E-state index is 2.55. The number of benzene rings is 1. The summed E-state index contributed by atoms with van der Waals surface area (Å²) in [6.07, 6.45) is 35.3. The Bertz CT molecular complexity index is 748. The highest BCUT2D eigenvalue weighted by atomic mass is 15.1. The molecule has 1 aromatic heterocycles. The van der Waals surface area contributed by atoms with Crippen LogP contribution < -0.4 is 4.57 Å². The Morgan fingerprint density at radius 1 is 0.541 bits per heavy atom. The van der Waals surface area contributed by atoms with Gasteiger partial charge in [0, 0.05) is 0 Å². The zero-order chi connectivity index (χ0) is 26.2. The minimum Gasteiger partial charge on any atom is -0.234 e. The molecule has 0 N–H and O–H groups in total. The van der Waals surface area contributed by atoms with Crippen molar-refractivity contribution >= 4 is 0 Å². The van der Waals surface area contributed by atoms with Crippen molar-refractivity contribution in [2.24, 2.45) is 0 Å². The number of unbranched alkanes of at least 4 members (excludes halogenated alkanes) is 19. The average Bonchev–Trinajstić information content (AvgIpc) is 3.29. The predicted octanol–water partition coefficient (Wildman–Crippen LogP) is 10.6. The van der Waals surface area contributed by atoms with E-state index in [9.17, 15) is 0 Å². The van der Waals surface area contributed by atoms with Crippen molar-refractivity contribution in [1.82, 2.24) is 4.57 Å². The normalized spacial score (nSPS) is 11.4. The van der Waals surface area contributed by atoms with E-state index in [4.69, 9.17) is 0 Å². The standard InChI is InChI=1S/C35H61N2/c1-3-5-7-9-11-13-14-15-16-17-19-21-26-30-37-32-31-36(29-25-20-18-12-10-8-6-4-2)35(37)33-34-27-23-22-24-28-34/h22-24,27-28,31-32H,3-21,25-26,29-30,33H2,1-2H3/q+1. The molecule has 0 atom stereocenters. The third-order valence-electron chi connectivity index (χ3n) is 8.05. The van der Waals surface area contributed by atoms with Crippen molar-refractivity contribution in [3.05, 3.63) is 54.1 Å². The molecule has 2 nitrogen and oxygen atoms in total. The molecule has 1 aromatic carbocycles. The summed E-state index contributed by atoms with van der Waals surface area (Å²) in [5.74, 6) is 1.49. The molecule has 37 heavy (non-hydrogen) atoms. The molecule has 2 aromatic rings. The van der Waals surface area contributed by atoms with Gasteiger partial charge < -0.3 is 0 Å². The highest BCUT2D eigenvalue weighted by molar-refractivity contribution is 5.18. The van der Waals surface area contributed by atoms with Gasteiger partial charge in [0.25, 0.3) is 5.82 Å². The molecule has 0 amide bonds. The van der Waals surface area contributed by atoms with E-state index in [0.717, 1.165) is 6.42 Å². The first-order chi connectivity index (χ1) is 18.3. The molecule has 0 saturated carbocycles. The molecular weight excluding hydrogens is 448 g/mol. The van der Waals surface area contributed by atoms with Gasteiger partial charge in [-0.3, -0.25) is 0 Å². The molecule has 0 radical (unpaired) electrons. The summed E-state index contributed by atoms with van der Waals surface area (Å²) in [5, 5.41) is 0. The topological polar surface area (TPSA) is 8.81 Å². The van der Waals surface area contributed by atoms with Gasteiger partial charge in [0.15, 0.2) is 0 Å². The highest BCUT2D eigenvalue weighted by Crippen LogP contribution is 2.14. The fourth-order valence-corrected chi connectivity index (χ4v) is 5.60. The fourth-order valence-electron chi connectivity index (χ4n) is 5.60. The van der Waals surface area contributed by atoms with Crippen molar-refractivity contribution in [1.29, 1.82) is 0 Å². The summed E-state index contributed by atoms with van der Waals surface area (Å²) in [6.45, 7) is 6.94. The van der Waals surface area contributed by atoms with E-state index in [0.29, 0.717) is 0 Å². The summed E-state index contributed by atoms with van der Waals surface area (Å²) < 4.78 is 5.10. The molecule has 0 aliphatic carbocycles. The van der Waals surface area contributed by atoms with E-state index in [2.05, 4.69) is 65.7 Å². The minimum atomic E-state index is 1.04. The van der Waals surface area contributed by atoms with Crippen LogP contribution in [0.25, 0.3) is 0 Å². The van der Waals surface area contributed by atoms with E-state index in [1.54, 1.807) is 0 Å². The molecule has 0 aliphatic heterocycles. The molecule has 0 saturated heterocycles. The van der Waals surface area contributed by atoms with Crippen molar-refractivity contribution in [3.8, 4) is 0 Å². The predicted molar refractivity (Wildman–Crippen MR) is 162 cm³/mol. The molecule has 0 fully saturated rings. The smallest absolute Gasteiger partial charge is 0.234 e. The van der Waals surface area contributed by atoms with Gasteiger partial charge in [-0.25, -0.2) is 9.13 Å². The summed E-state index contributed by atoms with van der Waals surface area (Å²) >= 11 is 0. The Morgan fingerprint density at radius 2 is 1.00 bits per heavy atom. The summed E-state index contributed by atoms with van der Waals surface area (Å²) in [4.78, 5) is 0. The molecule has 2 rings (SSSR count). The Hall–Kier alpha value is -1.57. The van der Waals surface area contributed by atoms with Gasteiger partial charge in [-0.1, -0.05) is 153 Å². The quantitative estimate of drug-likeness (QED) is 0.0929. The Labute approximate surface area is 231 Å². The molecule has 0 spiro atoms. The second-order valence-electron chi connectivity index (χ2n) is 11.5. The highest BCUT2D eigenvalue weighted by Gasteiger charge is 2.17. The zero-order valence-corrected chi connectivity index (χ0v) is 24.9. The summed E-state index contributed by atoms with van der Waals surface area (Å²) in [5.41, 5.74) is 1.43. The van der Waals surface area contributed by atoms with Gasteiger partial charge in [0.1, 0.15) is 12.4 Å². The van der Waals surface area contributed by atoms with Gasteiger partial charge in [-0.15, -0.1) is 0 Å². The number of aryl methyl sites for hydroxylation is 2. The molecular formula is C35H61N2+. The monoisotopic (exact) mass is 509 g/mol. The Balaban J connectivity index is 1.65. The largest absolute Gasteiger partial charge is 0.260 e. The average molecular weight is 510 g/mol. The second kappa shape index (κ2) is 22.4. The minimum absolute atomic E-state index is 1.04. The Kier molecular flexibility index (Phi) is 19.2. The fraction of sp³-hybridized carbons (Fsp3) is 0.743. The third-order valence-corrected chi connectivity index (χ3v) is 8.05. The number of hydrogen-bond donors (Lipinski definition) is 0. The van der Waals surface area contributed by atoms with E-state index in [-0.39, 0.29) is 0 Å². The molecule has 0 bridgehead atoms. The molecule has 2 heteroatoms. The van der Waals surface area contributed by atoms with Crippen molar-refractivity contribution in [2.45, 2.75) is 168 Å². The number of nitrogens with zero attached hydrogens (tertiary/aromatic N) is 2. The number of aromatic nitrogens is 2. The van der Waals surface area contributed by atoms with Crippen LogP contribution in [0.5, 0.6) is 0 Å². The van der Waals surface area contributed by atoms with Gasteiger partial charge in [0.05, 0.1) is 19.5 Å². The van der Waals surface area contributed by atoms with Crippen LogP contribution in [0.2, 0.25) is 0 Å². The van der Waals surface area contributed by atoms with E-state index in [1.807, 2.05) is 0 Å². The van der Waals surface area contributed by atoms with Crippen LogP contribution >= 0.6 is 0 Å². The first-order valence-corrected chi connectivity index (χ1v) is 16.5. The second-order valence-corrected chi connectivity index (χ2v) is 11.5. The van der Waals surface area contributed by atoms with E-state index < -0.39 is 0 Å².